The first-order valence-electron chi connectivity index (χ1n) is 6.16. The van der Waals surface area contributed by atoms with E-state index < -0.39 is 6.41 Å². The van der Waals surface area contributed by atoms with Gasteiger partial charge in [-0.3, -0.25) is 0 Å². The predicted octanol–water partition coefficient (Wildman–Crippen LogP) is 3.00. The van der Waals surface area contributed by atoms with E-state index in [1.165, 1.54) is 0 Å². The third-order valence-electron chi connectivity index (χ3n) is 2.86. The molecule has 2 aromatic rings. The van der Waals surface area contributed by atoms with Crippen LogP contribution < -0.4 is 0 Å². The van der Waals surface area contributed by atoms with Gasteiger partial charge in [-0.2, -0.15) is 4.99 Å². The molecule has 1 aromatic heterocycles. The number of nitrogens with zero attached hydrogens (tertiary/aromatic N) is 3. The van der Waals surface area contributed by atoms with Crippen molar-refractivity contribution in [2.24, 2.45) is 4.99 Å². The quantitative estimate of drug-likeness (QED) is 0.835. The van der Waals surface area contributed by atoms with Crippen LogP contribution in [0.4, 0.5) is 5.95 Å². The molecule has 2 heterocycles. The zero-order chi connectivity index (χ0) is 12.5. The molecule has 0 aliphatic carbocycles. The van der Waals surface area contributed by atoms with E-state index in [1.807, 2.05) is 42.7 Å². The number of fused-ring (bicyclic) bond motifs is 3. The number of rotatable bonds is 3. The Kier molecular flexibility index (Phi) is 2.76. The lowest BCUT2D eigenvalue weighted by molar-refractivity contribution is -0.139. The zero-order valence-corrected chi connectivity index (χ0v) is 10.5. The average molecular weight is 245 g/mol. The van der Waals surface area contributed by atoms with Gasteiger partial charge in [0, 0.05) is 13.0 Å². The zero-order valence-electron chi connectivity index (χ0n) is 10.5. The number of hydrogen-bond donors (Lipinski definition) is 0. The summed E-state index contributed by atoms with van der Waals surface area (Å²) in [6.07, 6.45) is 0.261. The third kappa shape index (κ3) is 1.67. The Morgan fingerprint density at radius 2 is 2.17 bits per heavy atom. The monoisotopic (exact) mass is 245 g/mol. The van der Waals surface area contributed by atoms with Gasteiger partial charge in [-0.25, -0.2) is 9.55 Å². The largest absolute Gasteiger partial charge is 0.433 e. The van der Waals surface area contributed by atoms with E-state index in [1.54, 1.807) is 0 Å². The summed E-state index contributed by atoms with van der Waals surface area (Å²) in [4.78, 5) is 8.90. The number of aliphatic imine (C=N–C) groups is 1. The molecule has 1 unspecified atom stereocenters. The van der Waals surface area contributed by atoms with Crippen LogP contribution in [0.15, 0.2) is 29.3 Å². The van der Waals surface area contributed by atoms with Gasteiger partial charge in [-0.1, -0.05) is 19.1 Å². The van der Waals surface area contributed by atoms with E-state index in [-0.39, 0.29) is 0 Å². The molecule has 0 saturated heterocycles. The van der Waals surface area contributed by atoms with Crippen molar-refractivity contribution < 1.29 is 9.47 Å². The van der Waals surface area contributed by atoms with Gasteiger partial charge >= 0.3 is 0 Å². The predicted molar refractivity (Wildman–Crippen MR) is 68.9 cm³/mol. The van der Waals surface area contributed by atoms with E-state index in [4.69, 9.17) is 9.47 Å². The highest BCUT2D eigenvalue weighted by Crippen LogP contribution is 2.31. The highest BCUT2D eigenvalue weighted by Gasteiger charge is 2.26. The highest BCUT2D eigenvalue weighted by atomic mass is 16.7. The van der Waals surface area contributed by atoms with Gasteiger partial charge in [0.05, 0.1) is 11.0 Å². The molecule has 3 rings (SSSR count). The number of imidazole rings is 1. The van der Waals surface area contributed by atoms with Crippen LogP contribution in [0.1, 0.15) is 26.7 Å². The molecular formula is C13H15N3O2. The second-order valence-electron chi connectivity index (χ2n) is 4.01. The Labute approximate surface area is 105 Å². The topological polar surface area (TPSA) is 48.6 Å². The average Bonchev–Trinajstić information content (AvgIpc) is 2.77. The van der Waals surface area contributed by atoms with Crippen molar-refractivity contribution in [3.8, 4) is 0 Å². The lowest BCUT2D eigenvalue weighted by Gasteiger charge is -2.25. The molecule has 0 bridgehead atoms. The molecule has 1 aliphatic heterocycles. The molecular weight excluding hydrogens is 230 g/mol. The lowest BCUT2D eigenvalue weighted by Crippen LogP contribution is -2.23. The fraction of sp³-hybridized carbons (Fsp3) is 0.385. The molecule has 0 saturated carbocycles. The third-order valence-corrected chi connectivity index (χ3v) is 2.86. The molecule has 94 valence electrons. The van der Waals surface area contributed by atoms with Gasteiger partial charge in [-0.15, -0.1) is 0 Å². The van der Waals surface area contributed by atoms with Crippen molar-refractivity contribution in [1.82, 2.24) is 9.55 Å². The Bertz CT molecular complexity index is 603. The molecule has 1 atom stereocenters. The van der Waals surface area contributed by atoms with Crippen molar-refractivity contribution in [3.05, 3.63) is 24.3 Å². The molecule has 5 nitrogen and oxygen atoms in total. The second-order valence-corrected chi connectivity index (χ2v) is 4.01. The Balaban J connectivity index is 2.19. The Hall–Kier alpha value is -1.88. The van der Waals surface area contributed by atoms with Gasteiger partial charge in [-0.05, 0) is 19.1 Å². The summed E-state index contributed by atoms with van der Waals surface area (Å²) < 4.78 is 13.2. The first-order valence-corrected chi connectivity index (χ1v) is 6.16. The minimum absolute atomic E-state index is 0.468. The van der Waals surface area contributed by atoms with Crippen LogP contribution in [0, 0.1) is 0 Å². The van der Waals surface area contributed by atoms with Gasteiger partial charge in [0.15, 0.2) is 5.90 Å². The smallest absolute Gasteiger partial charge is 0.291 e. The number of benzene rings is 1. The van der Waals surface area contributed by atoms with Crippen LogP contribution in [-0.2, 0) is 9.47 Å². The van der Waals surface area contributed by atoms with Crippen molar-refractivity contribution >= 4 is 22.9 Å². The lowest BCUT2D eigenvalue weighted by atomic mass is 10.3. The van der Waals surface area contributed by atoms with Crippen LogP contribution in [-0.4, -0.2) is 22.1 Å². The number of ether oxygens (including phenoxy) is 2. The molecule has 0 amide bonds. The minimum atomic E-state index is -0.468. The second kappa shape index (κ2) is 4.42. The number of para-hydroxylation sites is 2. The van der Waals surface area contributed by atoms with E-state index in [2.05, 4.69) is 9.98 Å². The van der Waals surface area contributed by atoms with Gasteiger partial charge in [0.25, 0.3) is 6.41 Å². The maximum absolute atomic E-state index is 5.72. The molecule has 1 aromatic carbocycles. The maximum atomic E-state index is 5.72. The fourth-order valence-corrected chi connectivity index (χ4v) is 2.04. The normalized spacial score (nSPS) is 18.3. The Morgan fingerprint density at radius 3 is 2.94 bits per heavy atom. The summed E-state index contributed by atoms with van der Waals surface area (Å²) in [6.45, 7) is 4.52. The molecule has 5 heteroatoms. The first kappa shape index (κ1) is 11.2. The maximum Gasteiger partial charge on any atom is 0.291 e. The summed E-state index contributed by atoms with van der Waals surface area (Å²) in [7, 11) is 0. The summed E-state index contributed by atoms with van der Waals surface area (Å²) in [6, 6.07) is 7.89. The van der Waals surface area contributed by atoms with E-state index in [9.17, 15) is 0 Å². The van der Waals surface area contributed by atoms with Crippen LogP contribution >= 0.6 is 0 Å². The van der Waals surface area contributed by atoms with E-state index in [0.29, 0.717) is 18.5 Å². The first-order chi connectivity index (χ1) is 8.83. The van der Waals surface area contributed by atoms with E-state index in [0.717, 1.165) is 17.5 Å². The van der Waals surface area contributed by atoms with Crippen molar-refractivity contribution in [3.63, 3.8) is 0 Å². The minimum Gasteiger partial charge on any atom is -0.433 e. The van der Waals surface area contributed by atoms with Crippen LogP contribution in [0.5, 0.6) is 0 Å². The van der Waals surface area contributed by atoms with Crippen molar-refractivity contribution in [2.45, 2.75) is 26.7 Å². The van der Waals surface area contributed by atoms with Gasteiger partial charge in [0.2, 0.25) is 5.95 Å². The Morgan fingerprint density at radius 1 is 1.33 bits per heavy atom. The summed E-state index contributed by atoms with van der Waals surface area (Å²) in [5.41, 5.74) is 1.88. The number of hydrogen-bond acceptors (Lipinski definition) is 4. The molecule has 0 radical (unpaired) electrons. The fourth-order valence-electron chi connectivity index (χ4n) is 2.04. The standard InChI is InChI=1S/C13H15N3O2/c1-3-11-15-12-14-9-7-5-6-8-10(9)16(12)13(18-11)17-4-2/h5-8,13H,3-4H2,1-2H3. The molecule has 1 aliphatic rings. The molecule has 0 spiro atoms. The SMILES string of the molecule is CCOC1OC(CC)=Nc2nc3ccccc3n21. The van der Waals surface area contributed by atoms with E-state index >= 15 is 0 Å². The van der Waals surface area contributed by atoms with Crippen LogP contribution in [0.3, 0.4) is 0 Å². The molecule has 0 fully saturated rings. The highest BCUT2D eigenvalue weighted by molar-refractivity contribution is 5.83. The van der Waals surface area contributed by atoms with Crippen LogP contribution in [0.25, 0.3) is 11.0 Å². The van der Waals surface area contributed by atoms with Crippen molar-refractivity contribution in [2.75, 3.05) is 6.61 Å². The number of aromatic nitrogens is 2. The van der Waals surface area contributed by atoms with Gasteiger partial charge < -0.3 is 9.47 Å². The molecule has 0 N–H and O–H groups in total. The summed E-state index contributed by atoms with van der Waals surface area (Å²) in [5, 5.41) is 0. The van der Waals surface area contributed by atoms with Crippen LogP contribution in [0.2, 0.25) is 0 Å². The molecule has 18 heavy (non-hydrogen) atoms. The summed E-state index contributed by atoms with van der Waals surface area (Å²) in [5.74, 6) is 1.31. The van der Waals surface area contributed by atoms with Gasteiger partial charge in [0.1, 0.15) is 0 Å². The van der Waals surface area contributed by atoms with Crippen molar-refractivity contribution in [1.29, 1.82) is 0 Å². The summed E-state index contributed by atoms with van der Waals surface area (Å²) >= 11 is 0.